The molecule has 1 atom stereocenters. The summed E-state index contributed by atoms with van der Waals surface area (Å²) in [6.45, 7) is -0.0435. The van der Waals surface area contributed by atoms with Gasteiger partial charge in [-0.1, -0.05) is 0 Å². The molecule has 0 heterocycles. The number of carbonyl (C=O) groups is 1. The van der Waals surface area contributed by atoms with Gasteiger partial charge in [0.25, 0.3) is 11.6 Å². The fourth-order valence-electron chi connectivity index (χ4n) is 1.26. The highest BCUT2D eigenvalue weighted by Crippen LogP contribution is 2.30. The van der Waals surface area contributed by atoms with Gasteiger partial charge in [-0.3, -0.25) is 20.3 Å². The molecule has 9 heteroatoms. The van der Waals surface area contributed by atoms with Crippen LogP contribution in [-0.2, 0) is 9.53 Å². The number of hydrazine groups is 1. The fraction of sp³-hybridized carbons (Fsp3) is 0.300. The van der Waals surface area contributed by atoms with Crippen molar-refractivity contribution in [2.24, 2.45) is 5.84 Å². The van der Waals surface area contributed by atoms with Crippen LogP contribution in [0.1, 0.15) is 0 Å². The molecule has 0 aliphatic carbocycles. The summed E-state index contributed by atoms with van der Waals surface area (Å²) in [7, 11) is 1.39. The Labute approximate surface area is 117 Å². The van der Waals surface area contributed by atoms with E-state index in [1.165, 1.54) is 25.3 Å². The van der Waals surface area contributed by atoms with Crippen LogP contribution in [0.4, 0.5) is 5.69 Å². The number of nitro groups is 1. The van der Waals surface area contributed by atoms with Gasteiger partial charge < -0.3 is 9.47 Å². The lowest BCUT2D eigenvalue weighted by molar-refractivity contribution is -0.385. The molecular formula is C10H12BrN3O5. The second kappa shape index (κ2) is 7.02. The molecule has 0 saturated carbocycles. The number of nitrogens with two attached hydrogens (primary N) is 1. The van der Waals surface area contributed by atoms with Crippen molar-refractivity contribution in [3.63, 3.8) is 0 Å². The molecule has 104 valence electrons. The fourth-order valence-corrected chi connectivity index (χ4v) is 1.60. The van der Waals surface area contributed by atoms with Crippen molar-refractivity contribution in [1.82, 2.24) is 5.43 Å². The van der Waals surface area contributed by atoms with Gasteiger partial charge in [0.2, 0.25) is 6.10 Å². The first-order valence-corrected chi connectivity index (χ1v) is 5.89. The summed E-state index contributed by atoms with van der Waals surface area (Å²) >= 11 is 3.18. The number of nitro benzene ring substituents is 1. The SMILES string of the molecule is COCC(Oc1cc([N+](=O)[O-])ccc1Br)C(=O)NN. The molecule has 1 aromatic carbocycles. The zero-order valence-corrected chi connectivity index (χ0v) is 11.5. The summed E-state index contributed by atoms with van der Waals surface area (Å²) in [5.41, 5.74) is 1.78. The normalized spacial score (nSPS) is 11.7. The Morgan fingerprint density at radius 3 is 2.84 bits per heavy atom. The minimum absolute atomic E-state index is 0.0435. The molecule has 3 N–H and O–H groups in total. The predicted octanol–water partition coefficient (Wildman–Crippen LogP) is 0.741. The Morgan fingerprint density at radius 2 is 2.32 bits per heavy atom. The minimum atomic E-state index is -1.01. The average molecular weight is 334 g/mol. The van der Waals surface area contributed by atoms with Gasteiger partial charge in [0.05, 0.1) is 22.1 Å². The van der Waals surface area contributed by atoms with Crippen molar-refractivity contribution in [1.29, 1.82) is 0 Å². The number of rotatable bonds is 6. The Hall–Kier alpha value is -1.71. The van der Waals surface area contributed by atoms with Crippen molar-refractivity contribution in [2.75, 3.05) is 13.7 Å². The monoisotopic (exact) mass is 333 g/mol. The van der Waals surface area contributed by atoms with Crippen molar-refractivity contribution >= 4 is 27.5 Å². The summed E-state index contributed by atoms with van der Waals surface area (Å²) in [5.74, 6) is 4.57. The first kappa shape index (κ1) is 15.3. The van der Waals surface area contributed by atoms with E-state index in [2.05, 4.69) is 15.9 Å². The van der Waals surface area contributed by atoms with Crippen LogP contribution in [0.25, 0.3) is 0 Å². The summed E-state index contributed by atoms with van der Waals surface area (Å²) < 4.78 is 10.7. The van der Waals surface area contributed by atoms with Gasteiger partial charge in [-0.05, 0) is 22.0 Å². The molecule has 0 bridgehead atoms. The maximum atomic E-state index is 11.4. The van der Waals surface area contributed by atoms with Crippen LogP contribution in [-0.4, -0.2) is 30.7 Å². The lowest BCUT2D eigenvalue weighted by Gasteiger charge is -2.17. The average Bonchev–Trinajstić information content (AvgIpc) is 2.39. The molecule has 1 unspecified atom stereocenters. The van der Waals surface area contributed by atoms with Crippen molar-refractivity contribution < 1.29 is 19.2 Å². The largest absolute Gasteiger partial charge is 0.477 e. The number of nitrogens with zero attached hydrogens (tertiary/aromatic N) is 1. The van der Waals surface area contributed by atoms with Gasteiger partial charge in [0.15, 0.2) is 0 Å². The van der Waals surface area contributed by atoms with Gasteiger partial charge >= 0.3 is 0 Å². The van der Waals surface area contributed by atoms with Crippen LogP contribution in [0.15, 0.2) is 22.7 Å². The second-order valence-corrected chi connectivity index (χ2v) is 4.30. The van der Waals surface area contributed by atoms with Crippen LogP contribution in [0.5, 0.6) is 5.75 Å². The molecule has 1 amide bonds. The number of ether oxygens (including phenoxy) is 2. The molecular weight excluding hydrogens is 322 g/mol. The molecule has 19 heavy (non-hydrogen) atoms. The van der Waals surface area contributed by atoms with Gasteiger partial charge in [-0.25, -0.2) is 5.84 Å². The minimum Gasteiger partial charge on any atom is -0.477 e. The van der Waals surface area contributed by atoms with Gasteiger partial charge in [-0.2, -0.15) is 0 Å². The molecule has 0 fully saturated rings. The van der Waals surface area contributed by atoms with Gasteiger partial charge in [0, 0.05) is 13.2 Å². The van der Waals surface area contributed by atoms with Gasteiger partial charge in [-0.15, -0.1) is 0 Å². The van der Waals surface area contributed by atoms with Crippen LogP contribution in [0.3, 0.4) is 0 Å². The van der Waals surface area contributed by atoms with Crippen LogP contribution < -0.4 is 16.0 Å². The maximum Gasteiger partial charge on any atom is 0.277 e. The Kier molecular flexibility index (Phi) is 5.67. The smallest absolute Gasteiger partial charge is 0.277 e. The maximum absolute atomic E-state index is 11.4. The van der Waals surface area contributed by atoms with Crippen LogP contribution in [0, 0.1) is 10.1 Å². The van der Waals surface area contributed by atoms with Crippen LogP contribution >= 0.6 is 15.9 Å². The summed E-state index contributed by atoms with van der Waals surface area (Å²) in [4.78, 5) is 21.6. The highest BCUT2D eigenvalue weighted by Gasteiger charge is 2.21. The standard InChI is InChI=1S/C10H12BrN3O5/c1-18-5-9(10(15)13-12)19-8-4-6(14(16)17)2-3-7(8)11/h2-4,9H,5,12H2,1H3,(H,13,15). The summed E-state index contributed by atoms with van der Waals surface area (Å²) in [5, 5.41) is 10.7. The number of carbonyl (C=O) groups excluding carboxylic acids is 1. The molecule has 0 spiro atoms. The molecule has 1 rings (SSSR count). The quantitative estimate of drug-likeness (QED) is 0.343. The zero-order chi connectivity index (χ0) is 14.4. The molecule has 0 aliphatic rings. The van der Waals surface area contributed by atoms with E-state index in [0.29, 0.717) is 4.47 Å². The van der Waals surface area contributed by atoms with Gasteiger partial charge in [0.1, 0.15) is 5.75 Å². The Bertz CT molecular complexity index is 482. The molecule has 1 aromatic rings. The highest BCUT2D eigenvalue weighted by atomic mass is 79.9. The molecule has 0 radical (unpaired) electrons. The summed E-state index contributed by atoms with van der Waals surface area (Å²) in [6.07, 6.45) is -1.01. The highest BCUT2D eigenvalue weighted by molar-refractivity contribution is 9.10. The third-order valence-electron chi connectivity index (χ3n) is 2.15. The van der Waals surface area contributed by atoms with E-state index in [4.69, 9.17) is 15.3 Å². The van der Waals surface area contributed by atoms with E-state index < -0.39 is 16.9 Å². The molecule has 0 aromatic heterocycles. The van der Waals surface area contributed by atoms with Crippen molar-refractivity contribution in [3.8, 4) is 5.75 Å². The third kappa shape index (κ3) is 4.16. The van der Waals surface area contributed by atoms with E-state index in [9.17, 15) is 14.9 Å². The number of methoxy groups -OCH3 is 1. The van der Waals surface area contributed by atoms with Crippen molar-refractivity contribution in [2.45, 2.75) is 6.10 Å². The lowest BCUT2D eigenvalue weighted by atomic mass is 10.3. The van der Waals surface area contributed by atoms with Crippen LogP contribution in [0.2, 0.25) is 0 Å². The van der Waals surface area contributed by atoms with E-state index in [1.54, 1.807) is 0 Å². The van der Waals surface area contributed by atoms with E-state index in [-0.39, 0.29) is 18.0 Å². The first-order chi connectivity index (χ1) is 8.99. The Balaban J connectivity index is 2.97. The lowest BCUT2D eigenvalue weighted by Crippen LogP contribution is -2.44. The second-order valence-electron chi connectivity index (χ2n) is 3.44. The molecule has 0 aliphatic heterocycles. The van der Waals surface area contributed by atoms with E-state index in [0.717, 1.165) is 0 Å². The number of hydrogen-bond acceptors (Lipinski definition) is 6. The zero-order valence-electron chi connectivity index (χ0n) is 9.96. The first-order valence-electron chi connectivity index (χ1n) is 5.09. The molecule has 0 saturated heterocycles. The number of non-ortho nitro benzene ring substituents is 1. The summed E-state index contributed by atoms with van der Waals surface area (Å²) in [6, 6.07) is 3.97. The predicted molar refractivity (Wildman–Crippen MR) is 69.4 cm³/mol. The van der Waals surface area contributed by atoms with Crippen molar-refractivity contribution in [3.05, 3.63) is 32.8 Å². The number of hydrogen-bond donors (Lipinski definition) is 2. The van der Waals surface area contributed by atoms with E-state index >= 15 is 0 Å². The third-order valence-corrected chi connectivity index (χ3v) is 2.80. The topological polar surface area (TPSA) is 117 Å². The number of benzene rings is 1. The van der Waals surface area contributed by atoms with E-state index in [1.807, 2.05) is 5.43 Å². The molecule has 8 nitrogen and oxygen atoms in total. The number of halogens is 1. The Morgan fingerprint density at radius 1 is 1.63 bits per heavy atom. The number of nitrogens with one attached hydrogen (secondary N) is 1. The number of amides is 1.